The van der Waals surface area contributed by atoms with Crippen LogP contribution in [-0.2, 0) is 11.2 Å². The lowest BCUT2D eigenvalue weighted by Crippen LogP contribution is -2.38. The van der Waals surface area contributed by atoms with Gasteiger partial charge in [-0.3, -0.25) is 4.79 Å². The number of aromatic nitrogens is 1. The van der Waals surface area contributed by atoms with E-state index in [0.717, 1.165) is 36.4 Å². The van der Waals surface area contributed by atoms with Gasteiger partial charge in [-0.1, -0.05) is 26.2 Å². The van der Waals surface area contributed by atoms with E-state index in [-0.39, 0.29) is 0 Å². The Hall–Kier alpha value is -0.900. The molecule has 2 rings (SSSR count). The van der Waals surface area contributed by atoms with Gasteiger partial charge in [-0.25, -0.2) is 4.98 Å². The molecule has 0 amide bonds. The van der Waals surface area contributed by atoms with Crippen molar-refractivity contribution in [3.63, 3.8) is 0 Å². The number of aryl methyl sites for hydroxylation is 1. The fourth-order valence-electron chi connectivity index (χ4n) is 3.10. The molecule has 0 bridgehead atoms. The summed E-state index contributed by atoms with van der Waals surface area (Å²) in [7, 11) is 0. The fraction of sp³-hybridized carbons (Fsp3) is 0.714. The maximum Gasteiger partial charge on any atom is 0.310 e. The summed E-state index contributed by atoms with van der Waals surface area (Å²) in [5, 5.41) is 12.7. The van der Waals surface area contributed by atoms with Crippen molar-refractivity contribution in [3.8, 4) is 0 Å². The lowest BCUT2D eigenvalue weighted by atomic mass is 9.66. The van der Waals surface area contributed by atoms with Gasteiger partial charge in [0, 0.05) is 11.8 Å². The van der Waals surface area contributed by atoms with E-state index >= 15 is 0 Å². The van der Waals surface area contributed by atoms with Crippen LogP contribution >= 0.6 is 11.3 Å². The van der Waals surface area contributed by atoms with Crippen molar-refractivity contribution in [1.82, 2.24) is 4.98 Å². The molecule has 1 heterocycles. The first kappa shape index (κ1) is 13.5. The van der Waals surface area contributed by atoms with Gasteiger partial charge in [0.05, 0.1) is 16.1 Å². The van der Waals surface area contributed by atoms with Crippen molar-refractivity contribution in [2.45, 2.75) is 52.4 Å². The Kier molecular flexibility index (Phi) is 4.05. The first-order valence-electron chi connectivity index (χ1n) is 6.70. The van der Waals surface area contributed by atoms with Crippen LogP contribution in [0.3, 0.4) is 0 Å². The quantitative estimate of drug-likeness (QED) is 0.905. The van der Waals surface area contributed by atoms with E-state index in [2.05, 4.69) is 11.9 Å². The third-order valence-electron chi connectivity index (χ3n) is 4.16. The number of rotatable bonds is 4. The summed E-state index contributed by atoms with van der Waals surface area (Å²) in [4.78, 5) is 16.2. The zero-order chi connectivity index (χ0) is 13.2. The average Bonchev–Trinajstić information content (AvgIpc) is 2.74. The molecule has 1 aliphatic rings. The van der Waals surface area contributed by atoms with Crippen LogP contribution in [0.15, 0.2) is 5.38 Å². The standard InChI is InChI=1S/C14H21NO2S/c1-3-11-5-4-6-14(7-11,13(16)17)8-12-9-18-10(2)15-12/h9,11H,3-8H2,1-2H3,(H,16,17). The van der Waals surface area contributed by atoms with Gasteiger partial charge in [0.15, 0.2) is 0 Å². The van der Waals surface area contributed by atoms with Gasteiger partial charge in [0.1, 0.15) is 0 Å². The highest BCUT2D eigenvalue weighted by molar-refractivity contribution is 7.09. The van der Waals surface area contributed by atoms with E-state index in [1.807, 2.05) is 12.3 Å². The molecule has 1 fully saturated rings. The molecule has 3 nitrogen and oxygen atoms in total. The lowest BCUT2D eigenvalue weighted by Gasteiger charge is -2.37. The van der Waals surface area contributed by atoms with Crippen LogP contribution in [0.5, 0.6) is 0 Å². The second kappa shape index (κ2) is 5.39. The number of thiazole rings is 1. The Balaban J connectivity index is 2.18. The third-order valence-corrected chi connectivity index (χ3v) is 4.99. The number of carboxylic acid groups (broad SMARTS) is 1. The zero-order valence-corrected chi connectivity index (χ0v) is 11.9. The number of nitrogens with zero attached hydrogens (tertiary/aromatic N) is 1. The van der Waals surface area contributed by atoms with Gasteiger partial charge in [0.25, 0.3) is 0 Å². The second-order valence-electron chi connectivity index (χ2n) is 5.49. The van der Waals surface area contributed by atoms with Gasteiger partial charge in [-0.15, -0.1) is 11.3 Å². The second-order valence-corrected chi connectivity index (χ2v) is 6.55. The molecule has 1 aromatic rings. The summed E-state index contributed by atoms with van der Waals surface area (Å²) in [6.45, 7) is 4.13. The molecule has 0 saturated heterocycles. The highest BCUT2D eigenvalue weighted by Gasteiger charge is 2.42. The monoisotopic (exact) mass is 267 g/mol. The summed E-state index contributed by atoms with van der Waals surface area (Å²) in [5.41, 5.74) is 0.385. The fourth-order valence-corrected chi connectivity index (χ4v) is 3.71. The average molecular weight is 267 g/mol. The first-order chi connectivity index (χ1) is 8.55. The highest BCUT2D eigenvalue weighted by Crippen LogP contribution is 2.43. The molecule has 100 valence electrons. The predicted octanol–water partition coefficient (Wildman–Crippen LogP) is 3.67. The van der Waals surface area contributed by atoms with Gasteiger partial charge in [-0.05, 0) is 25.7 Å². The minimum absolute atomic E-state index is 0.564. The molecule has 1 aliphatic carbocycles. The summed E-state index contributed by atoms with van der Waals surface area (Å²) in [6, 6.07) is 0. The molecular formula is C14H21NO2S. The Bertz CT molecular complexity index is 429. The van der Waals surface area contributed by atoms with Crippen molar-refractivity contribution in [3.05, 3.63) is 16.1 Å². The maximum atomic E-state index is 11.7. The van der Waals surface area contributed by atoms with E-state index < -0.39 is 11.4 Å². The molecule has 1 saturated carbocycles. The van der Waals surface area contributed by atoms with Crippen LogP contribution < -0.4 is 0 Å². The largest absolute Gasteiger partial charge is 0.481 e. The molecule has 4 heteroatoms. The minimum Gasteiger partial charge on any atom is -0.481 e. The SMILES string of the molecule is CCC1CCCC(Cc2csc(C)n2)(C(=O)O)C1. The highest BCUT2D eigenvalue weighted by atomic mass is 32.1. The topological polar surface area (TPSA) is 50.2 Å². The van der Waals surface area contributed by atoms with E-state index in [1.165, 1.54) is 6.42 Å². The molecule has 2 atom stereocenters. The summed E-state index contributed by atoms with van der Waals surface area (Å²) in [5.74, 6) is -0.0686. The predicted molar refractivity (Wildman–Crippen MR) is 72.9 cm³/mol. The number of hydrogen-bond acceptors (Lipinski definition) is 3. The molecule has 1 N–H and O–H groups in total. The third kappa shape index (κ3) is 2.74. The van der Waals surface area contributed by atoms with E-state index in [0.29, 0.717) is 12.3 Å². The van der Waals surface area contributed by atoms with Crippen molar-refractivity contribution < 1.29 is 9.90 Å². The van der Waals surface area contributed by atoms with Crippen molar-refractivity contribution in [2.75, 3.05) is 0 Å². The Morgan fingerprint density at radius 3 is 3.00 bits per heavy atom. The summed E-state index contributed by atoms with van der Waals surface area (Å²) < 4.78 is 0. The summed E-state index contributed by atoms with van der Waals surface area (Å²) >= 11 is 1.61. The van der Waals surface area contributed by atoms with Crippen molar-refractivity contribution >= 4 is 17.3 Å². The van der Waals surface area contributed by atoms with Crippen LogP contribution in [-0.4, -0.2) is 16.1 Å². The molecule has 2 unspecified atom stereocenters. The molecule has 18 heavy (non-hydrogen) atoms. The first-order valence-corrected chi connectivity index (χ1v) is 7.58. The Morgan fingerprint density at radius 2 is 2.44 bits per heavy atom. The van der Waals surface area contributed by atoms with Crippen LogP contribution in [0.4, 0.5) is 0 Å². The molecule has 0 aliphatic heterocycles. The maximum absolute atomic E-state index is 11.7. The Morgan fingerprint density at radius 1 is 1.67 bits per heavy atom. The van der Waals surface area contributed by atoms with Crippen LogP contribution in [0.25, 0.3) is 0 Å². The number of aliphatic carboxylic acids is 1. The summed E-state index contributed by atoms with van der Waals surface area (Å²) in [6.07, 6.45) is 5.52. The molecule has 0 spiro atoms. The van der Waals surface area contributed by atoms with Gasteiger partial charge < -0.3 is 5.11 Å². The smallest absolute Gasteiger partial charge is 0.310 e. The minimum atomic E-state index is -0.633. The van der Waals surface area contributed by atoms with E-state index in [9.17, 15) is 9.90 Å². The normalized spacial score (nSPS) is 28.2. The van der Waals surface area contributed by atoms with Crippen molar-refractivity contribution in [1.29, 1.82) is 0 Å². The van der Waals surface area contributed by atoms with Crippen LogP contribution in [0.1, 0.15) is 49.7 Å². The number of carboxylic acids is 1. The van der Waals surface area contributed by atoms with Gasteiger partial charge >= 0.3 is 5.97 Å². The van der Waals surface area contributed by atoms with E-state index in [1.54, 1.807) is 11.3 Å². The molecule has 0 radical (unpaired) electrons. The Labute approximate surface area is 112 Å². The van der Waals surface area contributed by atoms with Gasteiger partial charge in [0.2, 0.25) is 0 Å². The van der Waals surface area contributed by atoms with E-state index in [4.69, 9.17) is 0 Å². The van der Waals surface area contributed by atoms with Crippen LogP contribution in [0.2, 0.25) is 0 Å². The van der Waals surface area contributed by atoms with Crippen LogP contribution in [0, 0.1) is 18.3 Å². The van der Waals surface area contributed by atoms with Gasteiger partial charge in [-0.2, -0.15) is 0 Å². The number of carbonyl (C=O) groups is 1. The zero-order valence-electron chi connectivity index (χ0n) is 11.1. The molecular weight excluding hydrogens is 246 g/mol. The number of hydrogen-bond donors (Lipinski definition) is 1. The molecule has 1 aromatic heterocycles. The lowest BCUT2D eigenvalue weighted by molar-refractivity contribution is -0.152. The van der Waals surface area contributed by atoms with Crippen molar-refractivity contribution in [2.24, 2.45) is 11.3 Å². The molecule has 0 aromatic carbocycles.